The number of carbonyl (C=O) groups is 1. The number of aliphatic hydroxyl groups excluding tert-OH is 1. The molecule has 2 N–H and O–H groups in total. The molecule has 17 heavy (non-hydrogen) atoms. The Balaban J connectivity index is 2.24. The third-order valence-corrected chi connectivity index (χ3v) is 2.27. The van der Waals surface area contributed by atoms with Gasteiger partial charge in [-0.3, -0.25) is 4.79 Å². The third kappa shape index (κ3) is 5.36. The van der Waals surface area contributed by atoms with E-state index in [2.05, 4.69) is 5.32 Å². The van der Waals surface area contributed by atoms with Crippen LogP contribution >= 0.6 is 0 Å². The zero-order chi connectivity index (χ0) is 12.7. The van der Waals surface area contributed by atoms with Crippen LogP contribution in [0.2, 0.25) is 0 Å². The molecule has 0 bridgehead atoms. The van der Waals surface area contributed by atoms with Crippen LogP contribution in [-0.2, 0) is 4.79 Å². The summed E-state index contributed by atoms with van der Waals surface area (Å²) in [6, 6.07) is 7.68. The molecule has 94 valence electrons. The summed E-state index contributed by atoms with van der Waals surface area (Å²) in [5.41, 5.74) is 1.05. The number of aliphatic hydroxyl groups is 1. The van der Waals surface area contributed by atoms with E-state index in [9.17, 15) is 4.79 Å². The van der Waals surface area contributed by atoms with Gasteiger partial charge in [0.05, 0.1) is 19.1 Å². The first-order chi connectivity index (χ1) is 8.09. The molecule has 0 aliphatic rings. The van der Waals surface area contributed by atoms with Crippen molar-refractivity contribution in [2.24, 2.45) is 0 Å². The fourth-order valence-electron chi connectivity index (χ4n) is 1.32. The van der Waals surface area contributed by atoms with Crippen LogP contribution in [0.4, 0.5) is 0 Å². The summed E-state index contributed by atoms with van der Waals surface area (Å²) in [4.78, 5) is 11.3. The van der Waals surface area contributed by atoms with Gasteiger partial charge in [-0.2, -0.15) is 0 Å². The van der Waals surface area contributed by atoms with Crippen molar-refractivity contribution in [1.29, 1.82) is 0 Å². The number of rotatable bonds is 6. The van der Waals surface area contributed by atoms with Gasteiger partial charge in [-0.15, -0.1) is 0 Å². The molecule has 0 aliphatic heterocycles. The quantitative estimate of drug-likeness (QED) is 0.783. The van der Waals surface area contributed by atoms with Crippen molar-refractivity contribution in [3.8, 4) is 5.75 Å². The van der Waals surface area contributed by atoms with E-state index in [1.165, 1.54) is 0 Å². The first-order valence-electron chi connectivity index (χ1n) is 5.73. The Morgan fingerprint density at radius 2 is 2.18 bits per heavy atom. The Labute approximate surface area is 102 Å². The zero-order valence-corrected chi connectivity index (χ0v) is 10.3. The van der Waals surface area contributed by atoms with E-state index in [4.69, 9.17) is 9.84 Å². The maximum Gasteiger partial charge on any atom is 0.223 e. The van der Waals surface area contributed by atoms with E-state index < -0.39 is 6.10 Å². The molecular formula is C13H19NO3. The second-order valence-electron chi connectivity index (χ2n) is 4.02. The van der Waals surface area contributed by atoms with Crippen LogP contribution in [0.5, 0.6) is 5.75 Å². The predicted octanol–water partition coefficient (Wildman–Crippen LogP) is 1.26. The summed E-state index contributed by atoms with van der Waals surface area (Å²) >= 11 is 0. The largest absolute Gasteiger partial charge is 0.493 e. The van der Waals surface area contributed by atoms with Crippen LogP contribution in [0.25, 0.3) is 0 Å². The van der Waals surface area contributed by atoms with E-state index >= 15 is 0 Å². The number of para-hydroxylation sites is 1. The molecule has 0 aromatic heterocycles. The van der Waals surface area contributed by atoms with Gasteiger partial charge in [-0.05, 0) is 25.5 Å². The van der Waals surface area contributed by atoms with Gasteiger partial charge in [-0.25, -0.2) is 0 Å². The average molecular weight is 237 g/mol. The van der Waals surface area contributed by atoms with Crippen molar-refractivity contribution < 1.29 is 14.6 Å². The summed E-state index contributed by atoms with van der Waals surface area (Å²) in [6.07, 6.45) is -0.225. The predicted molar refractivity (Wildman–Crippen MR) is 66.0 cm³/mol. The first-order valence-corrected chi connectivity index (χ1v) is 5.73. The molecule has 0 saturated heterocycles. The Kier molecular flexibility index (Phi) is 5.49. The fourth-order valence-corrected chi connectivity index (χ4v) is 1.32. The molecule has 0 aliphatic carbocycles. The van der Waals surface area contributed by atoms with Crippen LogP contribution < -0.4 is 10.1 Å². The monoisotopic (exact) mass is 237 g/mol. The molecule has 4 heteroatoms. The van der Waals surface area contributed by atoms with E-state index in [0.29, 0.717) is 13.0 Å². The molecule has 0 spiro atoms. The summed E-state index contributed by atoms with van der Waals surface area (Å²) in [5.74, 6) is 0.690. The van der Waals surface area contributed by atoms with Crippen molar-refractivity contribution in [3.63, 3.8) is 0 Å². The summed E-state index contributed by atoms with van der Waals surface area (Å²) < 4.78 is 5.49. The maximum absolute atomic E-state index is 11.3. The number of nitrogens with one attached hydrogen (secondary N) is 1. The number of hydrogen-bond donors (Lipinski definition) is 2. The number of hydrogen-bond acceptors (Lipinski definition) is 3. The molecule has 1 amide bonds. The third-order valence-electron chi connectivity index (χ3n) is 2.27. The lowest BCUT2D eigenvalue weighted by Crippen LogP contribution is -2.31. The van der Waals surface area contributed by atoms with Gasteiger partial charge in [0.15, 0.2) is 0 Å². The molecule has 4 nitrogen and oxygen atoms in total. The Morgan fingerprint density at radius 3 is 2.82 bits per heavy atom. The number of aryl methyl sites for hydroxylation is 1. The van der Waals surface area contributed by atoms with Crippen LogP contribution in [0, 0.1) is 6.92 Å². The number of amides is 1. The maximum atomic E-state index is 11.3. The lowest BCUT2D eigenvalue weighted by molar-refractivity contribution is -0.122. The van der Waals surface area contributed by atoms with Crippen LogP contribution in [-0.4, -0.2) is 30.3 Å². The van der Waals surface area contributed by atoms with Gasteiger partial charge in [0.1, 0.15) is 5.75 Å². The van der Waals surface area contributed by atoms with Gasteiger partial charge >= 0.3 is 0 Å². The highest BCUT2D eigenvalue weighted by Crippen LogP contribution is 2.15. The number of carbonyl (C=O) groups excluding carboxylic acids is 1. The molecule has 0 fully saturated rings. The van der Waals surface area contributed by atoms with Crippen LogP contribution in [0.1, 0.15) is 18.9 Å². The smallest absolute Gasteiger partial charge is 0.223 e. The second-order valence-corrected chi connectivity index (χ2v) is 4.02. The van der Waals surface area contributed by atoms with E-state index in [1.54, 1.807) is 6.92 Å². The second kappa shape index (κ2) is 6.91. The Hall–Kier alpha value is -1.55. The minimum atomic E-state index is -0.517. The molecule has 1 aromatic rings. The summed E-state index contributed by atoms with van der Waals surface area (Å²) in [5, 5.41) is 11.6. The first kappa shape index (κ1) is 13.5. The van der Waals surface area contributed by atoms with Crippen molar-refractivity contribution >= 4 is 5.91 Å². The van der Waals surface area contributed by atoms with Crippen molar-refractivity contribution in [2.45, 2.75) is 26.4 Å². The number of ether oxygens (including phenoxy) is 1. The standard InChI is InChI=1S/C13H19NO3/c1-10-5-3-4-6-12(10)17-8-7-13(16)14-9-11(2)15/h3-6,11,15H,7-9H2,1-2H3,(H,14,16). The van der Waals surface area contributed by atoms with Crippen molar-refractivity contribution in [3.05, 3.63) is 29.8 Å². The molecule has 1 atom stereocenters. The molecule has 1 unspecified atom stereocenters. The highest BCUT2D eigenvalue weighted by molar-refractivity contribution is 5.76. The number of benzene rings is 1. The topological polar surface area (TPSA) is 58.6 Å². The fraction of sp³-hybridized carbons (Fsp3) is 0.462. The average Bonchev–Trinajstić information content (AvgIpc) is 2.29. The summed E-state index contributed by atoms with van der Waals surface area (Å²) in [7, 11) is 0. The van der Waals surface area contributed by atoms with Crippen LogP contribution in [0.15, 0.2) is 24.3 Å². The highest BCUT2D eigenvalue weighted by atomic mass is 16.5. The van der Waals surface area contributed by atoms with Crippen LogP contribution in [0.3, 0.4) is 0 Å². The molecule has 0 saturated carbocycles. The van der Waals surface area contributed by atoms with Gasteiger partial charge < -0.3 is 15.2 Å². The molecule has 0 radical (unpaired) electrons. The lowest BCUT2D eigenvalue weighted by Gasteiger charge is -2.09. The van der Waals surface area contributed by atoms with E-state index in [0.717, 1.165) is 11.3 Å². The van der Waals surface area contributed by atoms with Crippen molar-refractivity contribution in [1.82, 2.24) is 5.32 Å². The van der Waals surface area contributed by atoms with Gasteiger partial charge in [-0.1, -0.05) is 18.2 Å². The van der Waals surface area contributed by atoms with Gasteiger partial charge in [0.2, 0.25) is 5.91 Å². The molecular weight excluding hydrogens is 218 g/mol. The SMILES string of the molecule is Cc1ccccc1OCCC(=O)NCC(C)O. The zero-order valence-electron chi connectivity index (χ0n) is 10.3. The molecule has 0 heterocycles. The van der Waals surface area contributed by atoms with Crippen molar-refractivity contribution in [2.75, 3.05) is 13.2 Å². The van der Waals surface area contributed by atoms with Gasteiger partial charge in [0, 0.05) is 6.54 Å². The molecule has 1 rings (SSSR count). The lowest BCUT2D eigenvalue weighted by atomic mass is 10.2. The minimum absolute atomic E-state index is 0.112. The van der Waals surface area contributed by atoms with E-state index in [1.807, 2.05) is 31.2 Å². The normalized spacial score (nSPS) is 11.9. The highest BCUT2D eigenvalue weighted by Gasteiger charge is 2.04. The molecule has 1 aromatic carbocycles. The summed E-state index contributed by atoms with van der Waals surface area (Å²) in [6.45, 7) is 4.21. The Morgan fingerprint density at radius 1 is 1.47 bits per heavy atom. The minimum Gasteiger partial charge on any atom is -0.493 e. The Bertz CT molecular complexity index is 363. The van der Waals surface area contributed by atoms with E-state index in [-0.39, 0.29) is 12.5 Å². The van der Waals surface area contributed by atoms with Gasteiger partial charge in [0.25, 0.3) is 0 Å².